The van der Waals surface area contributed by atoms with Crippen LogP contribution in [0.15, 0.2) is 18.2 Å². The van der Waals surface area contributed by atoms with Crippen molar-refractivity contribution in [2.75, 3.05) is 10.5 Å². The van der Waals surface area contributed by atoms with E-state index in [1.54, 1.807) is 4.72 Å². The van der Waals surface area contributed by atoms with E-state index in [0.717, 1.165) is 12.1 Å². The molecule has 0 saturated heterocycles. The first-order chi connectivity index (χ1) is 7.30. The zero-order valence-electron chi connectivity index (χ0n) is 7.78. The number of benzene rings is 1. The minimum atomic E-state index is -4.23. The minimum Gasteiger partial charge on any atom is -0.480 e. The first-order valence-electron chi connectivity index (χ1n) is 3.97. The highest BCUT2D eigenvalue weighted by Gasteiger charge is 2.17. The molecule has 0 amide bonds. The molecular weight excluding hydrogens is 244 g/mol. The first-order valence-corrected chi connectivity index (χ1v) is 5.63. The summed E-state index contributed by atoms with van der Waals surface area (Å²) in [7, 11) is -4.23. The van der Waals surface area contributed by atoms with Crippen LogP contribution in [0.25, 0.3) is 0 Å². The number of hydrogen-bond acceptors (Lipinski definition) is 3. The third-order valence-corrected chi connectivity index (χ3v) is 2.67. The van der Waals surface area contributed by atoms with Gasteiger partial charge in [-0.2, -0.15) is 0 Å². The summed E-state index contributed by atoms with van der Waals surface area (Å²) < 4.78 is 49.5. The highest BCUT2D eigenvalue weighted by molar-refractivity contribution is 7.93. The fourth-order valence-corrected chi connectivity index (χ4v) is 1.83. The van der Waals surface area contributed by atoms with E-state index in [2.05, 4.69) is 0 Å². The fourth-order valence-electron chi connectivity index (χ4n) is 0.942. The molecule has 1 rings (SSSR count). The molecule has 0 heterocycles. The number of aliphatic carboxylic acids is 1. The van der Waals surface area contributed by atoms with E-state index in [4.69, 9.17) is 5.11 Å². The predicted octanol–water partition coefficient (Wildman–Crippen LogP) is 0.791. The monoisotopic (exact) mass is 251 g/mol. The topological polar surface area (TPSA) is 83.5 Å². The maximum atomic E-state index is 13.0. The molecule has 0 aliphatic carbocycles. The van der Waals surface area contributed by atoms with Gasteiger partial charge in [-0.15, -0.1) is 0 Å². The molecule has 0 saturated carbocycles. The van der Waals surface area contributed by atoms with Crippen LogP contribution in [0.4, 0.5) is 14.5 Å². The third kappa shape index (κ3) is 3.46. The van der Waals surface area contributed by atoms with E-state index in [1.165, 1.54) is 0 Å². The number of hydrogen-bond donors (Lipinski definition) is 2. The maximum absolute atomic E-state index is 13.0. The van der Waals surface area contributed by atoms with Gasteiger partial charge in [0.05, 0.1) is 5.69 Å². The summed E-state index contributed by atoms with van der Waals surface area (Å²) in [5.41, 5.74) is -0.624. The Morgan fingerprint density at radius 3 is 2.56 bits per heavy atom. The van der Waals surface area contributed by atoms with Gasteiger partial charge in [0.1, 0.15) is 11.6 Å². The molecule has 88 valence electrons. The zero-order valence-corrected chi connectivity index (χ0v) is 8.59. The van der Waals surface area contributed by atoms with Gasteiger partial charge in [0.15, 0.2) is 5.75 Å². The quantitative estimate of drug-likeness (QED) is 0.828. The van der Waals surface area contributed by atoms with Crippen molar-refractivity contribution in [1.82, 2.24) is 0 Å². The lowest BCUT2D eigenvalue weighted by Crippen LogP contribution is -2.22. The zero-order chi connectivity index (χ0) is 12.3. The summed E-state index contributed by atoms with van der Waals surface area (Å²) in [4.78, 5) is 10.2. The van der Waals surface area contributed by atoms with E-state index >= 15 is 0 Å². The van der Waals surface area contributed by atoms with Crippen molar-refractivity contribution >= 4 is 21.7 Å². The molecule has 0 fully saturated rings. The van der Waals surface area contributed by atoms with Crippen LogP contribution >= 0.6 is 0 Å². The van der Waals surface area contributed by atoms with Gasteiger partial charge in [0.25, 0.3) is 0 Å². The molecule has 0 radical (unpaired) electrons. The Hall–Kier alpha value is -1.70. The average molecular weight is 251 g/mol. The molecule has 8 heteroatoms. The Morgan fingerprint density at radius 1 is 1.38 bits per heavy atom. The highest BCUT2D eigenvalue weighted by atomic mass is 32.2. The second-order valence-electron chi connectivity index (χ2n) is 2.88. The Kier molecular flexibility index (Phi) is 3.43. The van der Waals surface area contributed by atoms with Crippen LogP contribution in [0.1, 0.15) is 0 Å². The van der Waals surface area contributed by atoms with Gasteiger partial charge < -0.3 is 5.11 Å². The fraction of sp³-hybridized carbons (Fsp3) is 0.125. The van der Waals surface area contributed by atoms with Crippen molar-refractivity contribution in [3.05, 3.63) is 29.8 Å². The number of nitrogens with one attached hydrogen (secondary N) is 1. The lowest BCUT2D eigenvalue weighted by molar-refractivity contribution is -0.134. The molecule has 0 unspecified atom stereocenters. The molecule has 5 nitrogen and oxygen atoms in total. The standard InChI is InChI=1S/C8H7F2NO4S/c9-5-1-2-6(10)7(3-5)11-16(14,15)4-8(12)13/h1-3,11H,4H2,(H,12,13). The van der Waals surface area contributed by atoms with Crippen LogP contribution < -0.4 is 4.72 Å². The van der Waals surface area contributed by atoms with Crippen molar-refractivity contribution in [3.8, 4) is 0 Å². The van der Waals surface area contributed by atoms with Crippen LogP contribution in [0, 0.1) is 11.6 Å². The van der Waals surface area contributed by atoms with Crippen molar-refractivity contribution in [2.45, 2.75) is 0 Å². The SMILES string of the molecule is O=C(O)CS(=O)(=O)Nc1cc(F)ccc1F. The third-order valence-electron chi connectivity index (χ3n) is 1.51. The lowest BCUT2D eigenvalue weighted by atomic mass is 10.3. The van der Waals surface area contributed by atoms with E-state index in [9.17, 15) is 22.0 Å². The van der Waals surface area contributed by atoms with Crippen molar-refractivity contribution in [3.63, 3.8) is 0 Å². The second kappa shape index (κ2) is 4.44. The molecular formula is C8H7F2NO4S. The first kappa shape index (κ1) is 12.4. The molecule has 1 aromatic rings. The van der Waals surface area contributed by atoms with Crippen LogP contribution in [0.5, 0.6) is 0 Å². The molecule has 0 bridgehead atoms. The highest BCUT2D eigenvalue weighted by Crippen LogP contribution is 2.16. The van der Waals surface area contributed by atoms with Gasteiger partial charge in [-0.3, -0.25) is 9.52 Å². The summed E-state index contributed by atoms with van der Waals surface area (Å²) >= 11 is 0. The normalized spacial score (nSPS) is 11.1. The van der Waals surface area contributed by atoms with Crippen LogP contribution in [0.3, 0.4) is 0 Å². The summed E-state index contributed by atoms with van der Waals surface area (Å²) in [6.45, 7) is 0. The smallest absolute Gasteiger partial charge is 0.320 e. The summed E-state index contributed by atoms with van der Waals surface area (Å²) in [6.07, 6.45) is 0. The van der Waals surface area contributed by atoms with Gasteiger partial charge in [-0.25, -0.2) is 17.2 Å². The largest absolute Gasteiger partial charge is 0.480 e. The summed E-state index contributed by atoms with van der Waals surface area (Å²) in [5.74, 6) is -4.64. The molecule has 1 aromatic carbocycles. The van der Waals surface area contributed by atoms with Crippen molar-refractivity contribution in [2.24, 2.45) is 0 Å². The van der Waals surface area contributed by atoms with Gasteiger partial charge in [0.2, 0.25) is 10.0 Å². The van der Waals surface area contributed by atoms with Crippen LogP contribution in [0.2, 0.25) is 0 Å². The van der Waals surface area contributed by atoms with Crippen molar-refractivity contribution in [1.29, 1.82) is 0 Å². The molecule has 2 N–H and O–H groups in total. The van der Waals surface area contributed by atoms with E-state index in [1.807, 2.05) is 0 Å². The molecule has 0 aliphatic heterocycles. The van der Waals surface area contributed by atoms with E-state index in [-0.39, 0.29) is 0 Å². The van der Waals surface area contributed by atoms with Gasteiger partial charge >= 0.3 is 5.97 Å². The van der Waals surface area contributed by atoms with Gasteiger partial charge in [0, 0.05) is 6.07 Å². The van der Waals surface area contributed by atoms with Gasteiger partial charge in [-0.1, -0.05) is 0 Å². The van der Waals surface area contributed by atoms with Crippen LogP contribution in [-0.4, -0.2) is 25.2 Å². The van der Waals surface area contributed by atoms with Crippen LogP contribution in [-0.2, 0) is 14.8 Å². The minimum absolute atomic E-state index is 0.620. The molecule has 16 heavy (non-hydrogen) atoms. The van der Waals surface area contributed by atoms with Crippen molar-refractivity contribution < 1.29 is 27.1 Å². The average Bonchev–Trinajstić information content (AvgIpc) is 2.08. The number of halogens is 2. The predicted molar refractivity (Wildman–Crippen MR) is 51.4 cm³/mol. The summed E-state index contributed by atoms with van der Waals surface area (Å²) in [5, 5.41) is 8.26. The number of anilines is 1. The summed E-state index contributed by atoms with van der Waals surface area (Å²) in [6, 6.07) is 2.16. The van der Waals surface area contributed by atoms with Gasteiger partial charge in [-0.05, 0) is 12.1 Å². The second-order valence-corrected chi connectivity index (χ2v) is 4.60. The Balaban J connectivity index is 2.96. The Morgan fingerprint density at radius 2 is 2.00 bits per heavy atom. The maximum Gasteiger partial charge on any atom is 0.320 e. The number of carbonyl (C=O) groups is 1. The molecule has 0 aromatic heterocycles. The Bertz CT molecular complexity index is 515. The number of sulfonamides is 1. The number of rotatable bonds is 4. The Labute approximate surface area is 89.8 Å². The number of carboxylic acid groups (broad SMARTS) is 1. The van der Waals surface area contributed by atoms with E-state index < -0.39 is 39.1 Å². The lowest BCUT2D eigenvalue weighted by Gasteiger charge is -2.06. The number of carboxylic acids is 1. The van der Waals surface area contributed by atoms with E-state index in [0.29, 0.717) is 6.07 Å². The molecule has 0 aliphatic rings. The molecule has 0 atom stereocenters. The molecule has 0 spiro atoms.